The fourth-order valence-corrected chi connectivity index (χ4v) is 31.4. The Balaban J connectivity index is 0.000000277. The number of carbonyl (C=O) groups excluding carboxylic acids is 1. The minimum absolute atomic E-state index is 0.0176. The summed E-state index contributed by atoms with van der Waals surface area (Å²) in [7, 11) is -11.9. The van der Waals surface area contributed by atoms with Gasteiger partial charge in [0.25, 0.3) is 0 Å². The molecule has 0 spiro atoms. The van der Waals surface area contributed by atoms with Gasteiger partial charge >= 0.3 is 0 Å². The molecular weight excluding hydrogens is 1490 g/mol. The molecule has 112 heavy (non-hydrogen) atoms. The summed E-state index contributed by atoms with van der Waals surface area (Å²) in [5.74, 6) is 5.63. The van der Waals surface area contributed by atoms with E-state index < -0.39 is 58.2 Å². The Morgan fingerprint density at radius 2 is 0.554 bits per heavy atom. The lowest BCUT2D eigenvalue weighted by molar-refractivity contribution is -0.127. The summed E-state index contributed by atoms with van der Waals surface area (Å²) in [6, 6.07) is 0. The number of carbonyl (C=O) groups is 1. The third kappa shape index (κ3) is 31.3. The number of fused-ring (bicyclic) bond motifs is 3. The molecule has 0 heterocycles. The number of allylic oxidation sites excluding steroid dienone is 6. The van der Waals surface area contributed by atoms with Gasteiger partial charge in [0, 0.05) is 12.8 Å². The van der Waals surface area contributed by atoms with Crippen LogP contribution in [-0.2, 0) is 35.8 Å². The molecule has 0 aromatic heterocycles. The average Bonchev–Trinajstić information content (AvgIpc) is 0.810. The first-order chi connectivity index (χ1) is 50.4. The molecule has 8 fully saturated rings. The van der Waals surface area contributed by atoms with E-state index in [1.54, 1.807) is 22.3 Å². The lowest BCUT2D eigenvalue weighted by Crippen LogP contribution is -2.48. The average molecular weight is 1680 g/mol. The summed E-state index contributed by atoms with van der Waals surface area (Å²) < 4.78 is 47.7. The van der Waals surface area contributed by atoms with E-state index in [1.165, 1.54) is 135 Å². The smallest absolute Gasteiger partial charge is 0.192 e. The van der Waals surface area contributed by atoms with Crippen LogP contribution in [0.15, 0.2) is 46.6 Å². The zero-order chi connectivity index (χ0) is 85.2. The lowest BCUT2D eigenvalue weighted by atomic mass is 9.57. The second kappa shape index (κ2) is 37.9. The SMILES string of the molecule is CC(C)(CC[C@H]1CC[C@]2(C)C/C(=C/C=C3C[C@@H](O[Si](C)(C)C(C)(C)C)C[C@H](O[Si](C)(C)C(C)(C)C)C3)CCC2C1)O[Si](C)(C)C.CC(C)(CC[C@H]1CC[C@]2(C)C/C(=C/C=C3C[C@@H](O[Si](C)(C)C(C)(C)C)C[C@H](O[Si](C)(C)C(C)(C)C)C3)CCC2C1)O[Si](C)(C)C.CC(C)(CC[C@H]1CC[C@]2(C)CC(=O)CCC2C1)O[Si](C)(C)C. The van der Waals surface area contributed by atoms with Gasteiger partial charge in [0.05, 0.1) is 41.2 Å². The lowest BCUT2D eigenvalue weighted by Gasteiger charge is -2.49. The van der Waals surface area contributed by atoms with Gasteiger partial charge < -0.3 is 31.0 Å². The number of rotatable bonds is 25. The van der Waals surface area contributed by atoms with Crippen molar-refractivity contribution in [2.75, 3.05) is 0 Å². The van der Waals surface area contributed by atoms with Gasteiger partial charge in [-0.3, -0.25) is 4.79 Å². The molecule has 8 saturated carbocycles. The number of hydrogen-bond acceptors (Lipinski definition) is 8. The standard InChI is InChI=1S/2C39H76O3Si3.C19H36O2Si/c2*1-36(2,3)44(13,14)40-34-26-32(27-35(28-34)41-45(15,16)37(4,5)6)18-17-31-19-20-33-25-30(22-24-39(33,9)29-31)21-23-38(7,8)42-43(10,11)12;1-18(2,21-22(4,5)6)11-9-15-10-12-19(3)14-17(20)8-7-16(19)13-15/h2*17-18,30,33-35H,19-29H2,1-16H3;15-16H,7-14H2,1-6H3/b2*31-17+;/t2*30-,33?,34+,35+,39+;15-,16?,19+/m000/s1. The van der Waals surface area contributed by atoms with Gasteiger partial charge in [-0.05, 0) is 405 Å². The van der Waals surface area contributed by atoms with Crippen molar-refractivity contribution in [3.05, 3.63) is 46.6 Å². The summed E-state index contributed by atoms with van der Waals surface area (Å²) in [6.07, 6.45) is 48.0. The van der Waals surface area contributed by atoms with Crippen molar-refractivity contribution in [2.45, 2.75) is 511 Å². The maximum absolute atomic E-state index is 11.8. The first-order valence-electron chi connectivity index (χ1n) is 46.5. The van der Waals surface area contributed by atoms with Crippen molar-refractivity contribution >= 4 is 64.0 Å². The van der Waals surface area contributed by atoms with Crippen LogP contribution in [0.25, 0.3) is 0 Å². The molecule has 8 aliphatic carbocycles. The molecule has 3 unspecified atom stereocenters. The molecule has 8 aliphatic rings. The predicted octanol–water partition coefficient (Wildman–Crippen LogP) is 31.2. The van der Waals surface area contributed by atoms with Crippen LogP contribution < -0.4 is 0 Å². The Morgan fingerprint density at radius 1 is 0.321 bits per heavy atom. The molecule has 0 amide bonds. The van der Waals surface area contributed by atoms with E-state index in [2.05, 4.69) is 281 Å². The molecule has 8 rings (SSSR count). The Bertz CT molecular complexity index is 2900. The van der Waals surface area contributed by atoms with E-state index in [-0.39, 0.29) is 61.4 Å². The van der Waals surface area contributed by atoms with E-state index in [0.717, 1.165) is 93.3 Å². The molecule has 0 aromatic carbocycles. The molecule has 8 nitrogen and oxygen atoms in total. The summed E-state index contributed by atoms with van der Waals surface area (Å²) in [5, 5.41) is 0.878. The normalized spacial score (nSPS) is 31.0. The number of hydrogen-bond donors (Lipinski definition) is 0. The van der Waals surface area contributed by atoms with E-state index >= 15 is 0 Å². The summed E-state index contributed by atoms with van der Waals surface area (Å²) in [5.41, 5.74) is 7.76. The predicted molar refractivity (Wildman–Crippen MR) is 505 cm³/mol. The highest BCUT2D eigenvalue weighted by atomic mass is 28.4. The minimum Gasteiger partial charge on any atom is -0.414 e. The topological polar surface area (TPSA) is 81.7 Å². The van der Waals surface area contributed by atoms with E-state index in [0.29, 0.717) is 22.0 Å². The van der Waals surface area contributed by atoms with E-state index in [9.17, 15) is 4.79 Å². The first kappa shape index (κ1) is 101. The van der Waals surface area contributed by atoms with Crippen molar-refractivity contribution in [3.63, 3.8) is 0 Å². The number of Topliss-reactive ketones (excluding diaryl/α,β-unsaturated/α-hetero) is 1. The van der Waals surface area contributed by atoms with Crippen LogP contribution in [0, 0.1) is 51.8 Å². The Labute approximate surface area is 703 Å². The van der Waals surface area contributed by atoms with Crippen molar-refractivity contribution in [3.8, 4) is 0 Å². The third-order valence-electron chi connectivity index (χ3n) is 30.8. The molecule has 0 N–H and O–H groups in total. The van der Waals surface area contributed by atoms with Gasteiger partial charge in [0.1, 0.15) is 5.78 Å². The molecule has 652 valence electrons. The minimum atomic E-state index is -1.86. The van der Waals surface area contributed by atoms with Crippen molar-refractivity contribution < 1.29 is 35.8 Å². The molecule has 0 bridgehead atoms. The molecule has 0 radical (unpaired) electrons. The zero-order valence-electron chi connectivity index (χ0n) is 81.6. The van der Waals surface area contributed by atoms with Crippen LogP contribution in [0.4, 0.5) is 0 Å². The molecule has 0 aromatic rings. The van der Waals surface area contributed by atoms with Crippen LogP contribution in [0.1, 0.15) is 338 Å². The maximum Gasteiger partial charge on any atom is 0.192 e. The molecule has 15 heteroatoms. The van der Waals surface area contributed by atoms with E-state index in [1.807, 2.05) is 0 Å². The van der Waals surface area contributed by atoms with Gasteiger partial charge in [-0.1, -0.05) is 150 Å². The first-order valence-corrected chi connectivity index (χ1v) is 68.3. The maximum atomic E-state index is 11.8. The Kier molecular flexibility index (Phi) is 34.1. The second-order valence-corrected chi connectivity index (χ2v) is 83.1. The fourth-order valence-electron chi connectivity index (χ4n) is 20.6. The Morgan fingerprint density at radius 3 is 0.795 bits per heavy atom. The van der Waals surface area contributed by atoms with Gasteiger partial charge in [-0.25, -0.2) is 0 Å². The van der Waals surface area contributed by atoms with Gasteiger partial charge in [0.15, 0.2) is 58.2 Å². The van der Waals surface area contributed by atoms with Crippen LogP contribution >= 0.6 is 0 Å². The molecular formula is C97H188O8Si7. The Hall–Kier alpha value is -0.132. The van der Waals surface area contributed by atoms with Crippen molar-refractivity contribution in [1.82, 2.24) is 0 Å². The molecule has 0 aliphatic heterocycles. The van der Waals surface area contributed by atoms with Crippen molar-refractivity contribution in [1.29, 1.82) is 0 Å². The zero-order valence-corrected chi connectivity index (χ0v) is 88.6. The van der Waals surface area contributed by atoms with Gasteiger partial charge in [-0.2, -0.15) is 0 Å². The van der Waals surface area contributed by atoms with Crippen LogP contribution in [0.3, 0.4) is 0 Å². The summed E-state index contributed by atoms with van der Waals surface area (Å²) >= 11 is 0. The van der Waals surface area contributed by atoms with Crippen LogP contribution in [0.5, 0.6) is 0 Å². The van der Waals surface area contributed by atoms with Crippen LogP contribution in [-0.4, -0.2) is 105 Å². The summed E-state index contributed by atoms with van der Waals surface area (Å²) in [6.45, 7) is 89.8. The highest BCUT2D eigenvalue weighted by Crippen LogP contribution is 2.58. The number of ketones is 1. The monoisotopic (exact) mass is 1680 g/mol. The van der Waals surface area contributed by atoms with Crippen LogP contribution in [0.2, 0.25) is 131 Å². The molecule has 13 atom stereocenters. The van der Waals surface area contributed by atoms with E-state index in [4.69, 9.17) is 31.0 Å². The summed E-state index contributed by atoms with van der Waals surface area (Å²) in [4.78, 5) is 11.8. The third-order valence-corrected chi connectivity index (χ3v) is 52.5. The quantitative estimate of drug-likeness (QED) is 0.0837. The van der Waals surface area contributed by atoms with Crippen molar-refractivity contribution in [2.24, 2.45) is 51.8 Å². The largest absolute Gasteiger partial charge is 0.414 e. The highest BCUT2D eigenvalue weighted by Gasteiger charge is 2.50. The highest BCUT2D eigenvalue weighted by molar-refractivity contribution is 6.75. The molecule has 0 saturated heterocycles. The second-order valence-electron chi connectivity index (χ2n) is 50.8. The van der Waals surface area contributed by atoms with Gasteiger partial charge in [-0.15, -0.1) is 0 Å². The fraction of sp³-hybridized carbons (Fsp3) is 0.907. The van der Waals surface area contributed by atoms with Gasteiger partial charge in [0.2, 0.25) is 0 Å².